The van der Waals surface area contributed by atoms with Crippen LogP contribution in [0.1, 0.15) is 79.0 Å². The summed E-state index contributed by atoms with van der Waals surface area (Å²) < 4.78 is 17.2. The Morgan fingerprint density at radius 2 is 1.57 bits per heavy atom. The van der Waals surface area contributed by atoms with Gasteiger partial charge in [-0.1, -0.05) is 33.6 Å². The van der Waals surface area contributed by atoms with Gasteiger partial charge in [-0.2, -0.15) is 0 Å². The van der Waals surface area contributed by atoms with Crippen LogP contribution in [0.5, 0.6) is 5.06 Å². The molecule has 0 bridgehead atoms. The predicted octanol–water partition coefficient (Wildman–Crippen LogP) is 5.79. The molecule has 174 valence electrons. The monoisotopic (exact) mass is 458 g/mol. The molecule has 5 nitrogen and oxygen atoms in total. The van der Waals surface area contributed by atoms with Gasteiger partial charge in [0.2, 0.25) is 0 Å². The van der Waals surface area contributed by atoms with Gasteiger partial charge in [0.05, 0.1) is 11.2 Å². The average Bonchev–Trinajstić information content (AvgIpc) is 2.98. The molecule has 0 aliphatic carbocycles. The van der Waals surface area contributed by atoms with Crippen molar-refractivity contribution in [2.24, 2.45) is 0 Å². The number of rotatable bonds is 13. The minimum absolute atomic E-state index is 0.272. The topological polar surface area (TPSA) is 68.2 Å². The van der Waals surface area contributed by atoms with Crippen molar-refractivity contribution in [1.82, 2.24) is 0 Å². The zero-order chi connectivity index (χ0) is 23.2. The summed E-state index contributed by atoms with van der Waals surface area (Å²) in [4.78, 5) is 1.23. The number of aliphatic hydroxyl groups is 1. The van der Waals surface area contributed by atoms with E-state index in [1.54, 1.807) is 27.7 Å². The number of hydrogen-bond donors (Lipinski definition) is 2. The minimum atomic E-state index is -1.62. The molecule has 0 unspecified atom stereocenters. The van der Waals surface area contributed by atoms with Crippen molar-refractivity contribution in [3.8, 4) is 5.06 Å². The number of hydrogen-bond acceptors (Lipinski definition) is 6. The minimum Gasteiger partial charge on any atom is -0.504 e. The van der Waals surface area contributed by atoms with Gasteiger partial charge in [-0.3, -0.25) is 0 Å². The van der Waals surface area contributed by atoms with E-state index in [0.717, 1.165) is 25.9 Å². The molecule has 0 aliphatic heterocycles. The van der Waals surface area contributed by atoms with Gasteiger partial charge in [0, 0.05) is 11.5 Å². The highest BCUT2D eigenvalue weighted by molar-refractivity contribution is 7.14. The summed E-state index contributed by atoms with van der Waals surface area (Å²) in [6, 6.07) is 3.89. The Labute approximate surface area is 189 Å². The first-order chi connectivity index (χ1) is 13.6. The van der Waals surface area contributed by atoms with E-state index in [0.29, 0.717) is 5.06 Å². The van der Waals surface area contributed by atoms with E-state index in [4.69, 9.17) is 13.7 Å². The van der Waals surface area contributed by atoms with E-state index in [9.17, 15) is 10.1 Å². The Kier molecular flexibility index (Phi) is 10.1. The summed E-state index contributed by atoms with van der Waals surface area (Å²) in [5.41, 5.74) is -2.05. The summed E-state index contributed by atoms with van der Waals surface area (Å²) >= 11 is 1.53. The fraction of sp³-hybridized carbons (Fsp3) is 0.818. The molecule has 8 heteroatoms. The maximum Gasteiger partial charge on any atom is 0.711 e. The van der Waals surface area contributed by atoms with Crippen LogP contribution in [0.2, 0.25) is 18.1 Å². The quantitative estimate of drug-likeness (QED) is 0.289. The van der Waals surface area contributed by atoms with E-state index < -0.39 is 26.8 Å². The van der Waals surface area contributed by atoms with E-state index in [2.05, 4.69) is 33.9 Å². The molecule has 1 heterocycles. The fourth-order valence-electron chi connectivity index (χ4n) is 2.37. The van der Waals surface area contributed by atoms with E-state index in [1.807, 2.05) is 12.1 Å². The fourth-order valence-corrected chi connectivity index (χ4v) is 4.37. The zero-order valence-corrected chi connectivity index (χ0v) is 22.3. The van der Waals surface area contributed by atoms with Gasteiger partial charge in [-0.05, 0) is 77.2 Å². The number of thiophene rings is 1. The highest BCUT2D eigenvalue weighted by atomic mass is 32.1. The van der Waals surface area contributed by atoms with Gasteiger partial charge >= 0.3 is 7.32 Å². The van der Waals surface area contributed by atoms with Crippen LogP contribution in [-0.4, -0.2) is 43.6 Å². The smallest absolute Gasteiger partial charge is 0.504 e. The third-order valence-electron chi connectivity index (χ3n) is 6.31. The Morgan fingerprint density at radius 1 is 0.967 bits per heavy atom. The van der Waals surface area contributed by atoms with Crippen molar-refractivity contribution in [3.05, 3.63) is 17.0 Å². The lowest BCUT2D eigenvalue weighted by Crippen LogP contribution is -2.51. The van der Waals surface area contributed by atoms with E-state index >= 15 is 0 Å². The molecule has 0 aromatic carbocycles. The second-order valence-electron chi connectivity index (χ2n) is 10.6. The number of unbranched alkanes of at least 4 members (excludes halogenated alkanes) is 3. The maximum absolute atomic E-state index is 10.1. The Bertz CT molecular complexity index is 634. The van der Waals surface area contributed by atoms with Crippen molar-refractivity contribution in [3.63, 3.8) is 0 Å². The standard InChI is InChI=1S/C22H43BO5SSi/c1-20(2,3)30(8,9)26-17-13-11-10-12-14-18-15-16-19(29-18)27-23(25)28-22(6,7)21(4,5)24/h15-16,24-25H,10-14,17H2,1-9H3. The molecular weight excluding hydrogens is 415 g/mol. The van der Waals surface area contributed by atoms with Crippen LogP contribution in [0.4, 0.5) is 0 Å². The maximum atomic E-state index is 10.1. The molecule has 0 spiro atoms. The van der Waals surface area contributed by atoms with Gasteiger partial charge in [0.15, 0.2) is 13.4 Å². The van der Waals surface area contributed by atoms with Crippen LogP contribution < -0.4 is 4.65 Å². The van der Waals surface area contributed by atoms with Crippen molar-refractivity contribution in [2.45, 2.75) is 110 Å². The molecule has 0 saturated heterocycles. The summed E-state index contributed by atoms with van der Waals surface area (Å²) in [7, 11) is -3.04. The molecule has 2 N–H and O–H groups in total. The molecule has 0 atom stereocenters. The first-order valence-corrected chi connectivity index (χ1v) is 14.8. The lowest BCUT2D eigenvalue weighted by Gasteiger charge is -2.37. The van der Waals surface area contributed by atoms with E-state index in [-0.39, 0.29) is 5.04 Å². The van der Waals surface area contributed by atoms with Crippen LogP contribution in [0.3, 0.4) is 0 Å². The third-order valence-corrected chi connectivity index (χ3v) is 11.9. The SMILES string of the molecule is CC(C)(O)C(C)(C)OB(O)Oc1ccc(CCCCCCO[Si](C)(C)C(C)(C)C)s1. The Morgan fingerprint density at radius 3 is 2.13 bits per heavy atom. The molecule has 0 fully saturated rings. The largest absolute Gasteiger partial charge is 0.711 e. The van der Waals surface area contributed by atoms with Crippen LogP contribution in [0.25, 0.3) is 0 Å². The molecule has 1 rings (SSSR count). The third kappa shape index (κ3) is 9.01. The average molecular weight is 459 g/mol. The lowest BCUT2D eigenvalue weighted by molar-refractivity contribution is -0.107. The van der Waals surface area contributed by atoms with Gasteiger partial charge in [0.25, 0.3) is 0 Å². The Balaban J connectivity index is 2.27. The molecule has 1 aromatic rings. The highest BCUT2D eigenvalue weighted by Crippen LogP contribution is 2.36. The van der Waals surface area contributed by atoms with Crippen molar-refractivity contribution >= 4 is 27.0 Å². The molecule has 0 amide bonds. The predicted molar refractivity (Wildman–Crippen MR) is 130 cm³/mol. The van der Waals surface area contributed by atoms with Gasteiger partial charge in [0.1, 0.15) is 0 Å². The summed E-state index contributed by atoms with van der Waals surface area (Å²) in [5.74, 6) is 0. The van der Waals surface area contributed by atoms with E-state index in [1.165, 1.54) is 29.1 Å². The van der Waals surface area contributed by atoms with Crippen molar-refractivity contribution in [2.75, 3.05) is 6.61 Å². The molecular formula is C22H43BO5SSi. The van der Waals surface area contributed by atoms with Gasteiger partial charge in [-0.15, -0.1) is 11.3 Å². The summed E-state index contributed by atoms with van der Waals surface area (Å²) in [5, 5.41) is 21.1. The summed E-state index contributed by atoms with van der Waals surface area (Å²) in [6.45, 7) is 19.0. The Hall–Kier alpha value is -0.378. The molecule has 0 saturated carbocycles. The zero-order valence-electron chi connectivity index (χ0n) is 20.5. The van der Waals surface area contributed by atoms with Crippen LogP contribution in [0.15, 0.2) is 12.1 Å². The highest BCUT2D eigenvalue weighted by Gasteiger charge is 2.41. The first kappa shape index (κ1) is 27.7. The van der Waals surface area contributed by atoms with Crippen LogP contribution in [0, 0.1) is 0 Å². The molecule has 30 heavy (non-hydrogen) atoms. The molecule has 0 aliphatic rings. The summed E-state index contributed by atoms with van der Waals surface area (Å²) in [6.07, 6.45) is 5.61. The molecule has 0 radical (unpaired) electrons. The van der Waals surface area contributed by atoms with Gasteiger partial charge < -0.3 is 23.9 Å². The normalized spacial score (nSPS) is 13.6. The lowest BCUT2D eigenvalue weighted by atomic mass is 9.88. The first-order valence-electron chi connectivity index (χ1n) is 11.0. The van der Waals surface area contributed by atoms with Crippen LogP contribution in [-0.2, 0) is 15.5 Å². The molecule has 1 aromatic heterocycles. The van der Waals surface area contributed by atoms with Crippen LogP contribution >= 0.6 is 11.3 Å². The second-order valence-corrected chi connectivity index (χ2v) is 16.5. The van der Waals surface area contributed by atoms with Crippen molar-refractivity contribution in [1.29, 1.82) is 0 Å². The second kappa shape index (κ2) is 11.0. The number of aryl methyl sites for hydroxylation is 1. The van der Waals surface area contributed by atoms with Crippen molar-refractivity contribution < 1.29 is 23.9 Å². The van der Waals surface area contributed by atoms with Gasteiger partial charge in [-0.25, -0.2) is 0 Å².